The van der Waals surface area contributed by atoms with E-state index in [0.29, 0.717) is 17.9 Å². The second kappa shape index (κ2) is 7.13. The first-order valence-electron chi connectivity index (χ1n) is 8.02. The van der Waals surface area contributed by atoms with Crippen molar-refractivity contribution in [3.05, 3.63) is 93.7 Å². The summed E-state index contributed by atoms with van der Waals surface area (Å²) in [5, 5.41) is 2.75. The summed E-state index contributed by atoms with van der Waals surface area (Å²) in [4.78, 5) is 29.3. The van der Waals surface area contributed by atoms with E-state index in [4.69, 9.17) is 0 Å². The first-order chi connectivity index (χ1) is 12.0. The Morgan fingerprint density at radius 2 is 1.96 bits per heavy atom. The van der Waals surface area contributed by atoms with Gasteiger partial charge >= 0.3 is 0 Å². The van der Waals surface area contributed by atoms with Gasteiger partial charge in [0.25, 0.3) is 11.5 Å². The zero-order valence-electron chi connectivity index (χ0n) is 14.2. The number of nitrogens with one attached hydrogen (secondary N) is 1. The van der Waals surface area contributed by atoms with Gasteiger partial charge in [-0.2, -0.15) is 0 Å². The standard InChI is InChI=1S/C20H19N3O2/c1-14-6-3-7-16(12-14)13-23-11-5-8-17(20(23)25)19(24)22-18-9-4-10-21-15(18)2/h3-12H,13H2,1-2H3,(H,22,24). The van der Waals surface area contributed by atoms with Crippen LogP contribution in [0.3, 0.4) is 0 Å². The molecule has 0 aliphatic heterocycles. The molecular formula is C20H19N3O2. The minimum Gasteiger partial charge on any atom is -0.320 e. The summed E-state index contributed by atoms with van der Waals surface area (Å²) in [5.41, 5.74) is 3.24. The molecule has 3 rings (SSSR count). The van der Waals surface area contributed by atoms with E-state index in [-0.39, 0.29) is 11.1 Å². The first-order valence-corrected chi connectivity index (χ1v) is 8.02. The number of carbonyl (C=O) groups excluding carboxylic acids is 1. The third kappa shape index (κ3) is 3.83. The Kier molecular flexibility index (Phi) is 4.75. The minimum atomic E-state index is -0.431. The zero-order chi connectivity index (χ0) is 17.8. The van der Waals surface area contributed by atoms with Crippen molar-refractivity contribution in [3.63, 3.8) is 0 Å². The molecule has 25 heavy (non-hydrogen) atoms. The molecule has 1 N–H and O–H groups in total. The molecule has 1 amide bonds. The molecule has 0 unspecified atom stereocenters. The fourth-order valence-electron chi connectivity index (χ4n) is 2.65. The van der Waals surface area contributed by atoms with Gasteiger partial charge < -0.3 is 9.88 Å². The third-order valence-corrected chi connectivity index (χ3v) is 3.96. The number of aryl methyl sites for hydroxylation is 2. The van der Waals surface area contributed by atoms with Crippen LogP contribution in [0.4, 0.5) is 5.69 Å². The number of aromatic nitrogens is 2. The van der Waals surface area contributed by atoms with E-state index in [1.54, 1.807) is 42.1 Å². The molecular weight excluding hydrogens is 314 g/mol. The van der Waals surface area contributed by atoms with Gasteiger partial charge in [-0.25, -0.2) is 0 Å². The maximum atomic E-state index is 12.7. The van der Waals surface area contributed by atoms with E-state index in [1.165, 1.54) is 6.07 Å². The van der Waals surface area contributed by atoms with Gasteiger partial charge in [0.05, 0.1) is 17.9 Å². The van der Waals surface area contributed by atoms with Gasteiger partial charge in [-0.1, -0.05) is 29.8 Å². The predicted octanol–water partition coefficient (Wildman–Crippen LogP) is 3.16. The Balaban J connectivity index is 1.87. The smallest absolute Gasteiger partial charge is 0.263 e. The Bertz CT molecular complexity index is 976. The van der Waals surface area contributed by atoms with Crippen LogP contribution in [0, 0.1) is 13.8 Å². The summed E-state index contributed by atoms with van der Waals surface area (Å²) in [6.45, 7) is 4.23. The first kappa shape index (κ1) is 16.6. The van der Waals surface area contributed by atoms with Crippen molar-refractivity contribution in [1.82, 2.24) is 9.55 Å². The van der Waals surface area contributed by atoms with Crippen molar-refractivity contribution in [2.24, 2.45) is 0 Å². The number of rotatable bonds is 4. The van der Waals surface area contributed by atoms with E-state index in [9.17, 15) is 9.59 Å². The molecule has 0 saturated carbocycles. The Labute approximate surface area is 146 Å². The monoisotopic (exact) mass is 333 g/mol. The topological polar surface area (TPSA) is 64.0 Å². The van der Waals surface area contributed by atoms with Crippen LogP contribution in [0.15, 0.2) is 65.7 Å². The molecule has 5 heteroatoms. The van der Waals surface area contributed by atoms with Gasteiger partial charge in [0.15, 0.2) is 0 Å². The molecule has 0 fully saturated rings. The number of hydrogen-bond acceptors (Lipinski definition) is 3. The predicted molar refractivity (Wildman–Crippen MR) is 97.9 cm³/mol. The lowest BCUT2D eigenvalue weighted by Crippen LogP contribution is -2.29. The number of anilines is 1. The van der Waals surface area contributed by atoms with Crippen molar-refractivity contribution in [2.45, 2.75) is 20.4 Å². The van der Waals surface area contributed by atoms with Crippen LogP contribution in [0.1, 0.15) is 27.2 Å². The summed E-state index contributed by atoms with van der Waals surface area (Å²) in [7, 11) is 0. The second-order valence-corrected chi connectivity index (χ2v) is 5.93. The Morgan fingerprint density at radius 1 is 1.12 bits per heavy atom. The molecule has 0 saturated heterocycles. The molecule has 3 aromatic rings. The fourth-order valence-corrected chi connectivity index (χ4v) is 2.65. The van der Waals surface area contributed by atoms with E-state index in [1.807, 2.05) is 31.2 Å². The molecule has 1 aromatic carbocycles. The largest absolute Gasteiger partial charge is 0.320 e. The Hall–Kier alpha value is -3.21. The highest BCUT2D eigenvalue weighted by Gasteiger charge is 2.13. The van der Waals surface area contributed by atoms with E-state index in [0.717, 1.165) is 11.1 Å². The molecule has 2 heterocycles. The molecule has 0 aliphatic rings. The Morgan fingerprint density at radius 3 is 2.72 bits per heavy atom. The van der Waals surface area contributed by atoms with Gasteiger partial charge in [0.1, 0.15) is 5.56 Å². The number of hydrogen-bond donors (Lipinski definition) is 1. The quantitative estimate of drug-likeness (QED) is 0.798. The summed E-state index contributed by atoms with van der Waals surface area (Å²) in [6, 6.07) is 14.7. The number of benzene rings is 1. The van der Waals surface area contributed by atoms with Crippen LogP contribution in [0.2, 0.25) is 0 Å². The summed E-state index contributed by atoms with van der Waals surface area (Å²) < 4.78 is 1.54. The molecule has 0 spiro atoms. The number of amides is 1. The molecule has 126 valence electrons. The fraction of sp³-hybridized carbons (Fsp3) is 0.150. The molecule has 0 bridgehead atoms. The molecule has 0 radical (unpaired) electrons. The van der Waals surface area contributed by atoms with E-state index in [2.05, 4.69) is 10.3 Å². The lowest BCUT2D eigenvalue weighted by Gasteiger charge is -2.10. The maximum Gasteiger partial charge on any atom is 0.263 e. The second-order valence-electron chi connectivity index (χ2n) is 5.93. The normalized spacial score (nSPS) is 10.5. The van der Waals surface area contributed by atoms with Gasteiger partial charge in [0.2, 0.25) is 0 Å². The van der Waals surface area contributed by atoms with Crippen molar-refractivity contribution < 1.29 is 4.79 Å². The lowest BCUT2D eigenvalue weighted by atomic mass is 10.1. The van der Waals surface area contributed by atoms with Crippen LogP contribution in [-0.4, -0.2) is 15.5 Å². The van der Waals surface area contributed by atoms with Crippen LogP contribution >= 0.6 is 0 Å². The summed E-state index contributed by atoms with van der Waals surface area (Å²) >= 11 is 0. The third-order valence-electron chi connectivity index (χ3n) is 3.96. The maximum absolute atomic E-state index is 12.7. The van der Waals surface area contributed by atoms with Crippen molar-refractivity contribution in [2.75, 3.05) is 5.32 Å². The highest BCUT2D eigenvalue weighted by atomic mass is 16.2. The van der Waals surface area contributed by atoms with Crippen LogP contribution in [0.5, 0.6) is 0 Å². The van der Waals surface area contributed by atoms with Gasteiger partial charge in [-0.3, -0.25) is 14.6 Å². The molecule has 0 aliphatic carbocycles. The lowest BCUT2D eigenvalue weighted by molar-refractivity contribution is 0.102. The van der Waals surface area contributed by atoms with Gasteiger partial charge in [0, 0.05) is 12.4 Å². The zero-order valence-corrected chi connectivity index (χ0v) is 14.2. The average Bonchev–Trinajstić information content (AvgIpc) is 2.59. The molecule has 2 aromatic heterocycles. The SMILES string of the molecule is Cc1cccc(Cn2cccc(C(=O)Nc3cccnc3C)c2=O)c1. The average molecular weight is 333 g/mol. The molecule has 0 atom stereocenters. The van der Waals surface area contributed by atoms with Crippen LogP contribution in [0.25, 0.3) is 0 Å². The van der Waals surface area contributed by atoms with Crippen molar-refractivity contribution >= 4 is 11.6 Å². The molecule has 5 nitrogen and oxygen atoms in total. The number of carbonyl (C=O) groups is 1. The van der Waals surface area contributed by atoms with Crippen molar-refractivity contribution in [3.8, 4) is 0 Å². The van der Waals surface area contributed by atoms with Gasteiger partial charge in [-0.05, 0) is 43.7 Å². The number of nitrogens with zero attached hydrogens (tertiary/aromatic N) is 2. The minimum absolute atomic E-state index is 0.110. The van der Waals surface area contributed by atoms with Gasteiger partial charge in [-0.15, -0.1) is 0 Å². The van der Waals surface area contributed by atoms with Crippen LogP contribution in [-0.2, 0) is 6.54 Å². The summed E-state index contributed by atoms with van der Waals surface area (Å²) in [6.07, 6.45) is 3.35. The van der Waals surface area contributed by atoms with Crippen molar-refractivity contribution in [1.29, 1.82) is 0 Å². The number of pyridine rings is 2. The highest BCUT2D eigenvalue weighted by Crippen LogP contribution is 2.11. The van der Waals surface area contributed by atoms with Crippen LogP contribution < -0.4 is 10.9 Å². The van der Waals surface area contributed by atoms with E-state index < -0.39 is 5.91 Å². The van der Waals surface area contributed by atoms with E-state index >= 15 is 0 Å². The summed E-state index contributed by atoms with van der Waals surface area (Å²) in [5.74, 6) is -0.431. The highest BCUT2D eigenvalue weighted by molar-refractivity contribution is 6.04.